The summed E-state index contributed by atoms with van der Waals surface area (Å²) < 4.78 is 101. The average Bonchev–Trinajstić information content (AvgIpc) is 3.10. The van der Waals surface area contributed by atoms with Gasteiger partial charge in [-0.3, -0.25) is 4.79 Å². The molecule has 2 aliphatic heterocycles. The van der Waals surface area contributed by atoms with Gasteiger partial charge in [0.25, 0.3) is 0 Å². The van der Waals surface area contributed by atoms with Gasteiger partial charge in [-0.15, -0.1) is 0 Å². The summed E-state index contributed by atoms with van der Waals surface area (Å²) in [5, 5.41) is 10.4. The molecule has 13 heteroatoms. The molecule has 1 unspecified atom stereocenters. The molecule has 5 nitrogen and oxygen atoms in total. The third-order valence-electron chi connectivity index (χ3n) is 7.38. The Labute approximate surface area is 231 Å². The van der Waals surface area contributed by atoms with Gasteiger partial charge in [0.15, 0.2) is 5.78 Å². The minimum Gasteiger partial charge on any atom is -0.475 e. The topological polar surface area (TPSA) is 69.6 Å². The summed E-state index contributed by atoms with van der Waals surface area (Å²) in [7, 11) is 0. The minimum absolute atomic E-state index is 0.223. The molecule has 4 rings (SSSR count). The second kappa shape index (κ2) is 11.6. The zero-order valence-electron chi connectivity index (χ0n) is 22.5. The Bertz CT molecular complexity index is 1260. The number of benzene rings is 2. The fraction of sp³-hybridized carbons (Fsp3) is 0.500. The minimum atomic E-state index is -5.08. The number of carbonyl (C=O) groups excluding carboxylic acids is 1. The molecule has 0 aliphatic carbocycles. The van der Waals surface area contributed by atoms with Gasteiger partial charge in [0.1, 0.15) is 17.7 Å². The molecule has 0 radical (unpaired) electrons. The van der Waals surface area contributed by atoms with Crippen molar-refractivity contribution in [3.8, 4) is 0 Å². The molecular formula is C28H30F8N2O3. The maximum Gasteiger partial charge on any atom is 0.490 e. The number of ketones is 1. The number of piperidine rings is 1. The monoisotopic (exact) mass is 594 g/mol. The summed E-state index contributed by atoms with van der Waals surface area (Å²) in [6.45, 7) is 6.76. The van der Waals surface area contributed by atoms with Crippen LogP contribution in [0.2, 0.25) is 0 Å². The van der Waals surface area contributed by atoms with Crippen LogP contribution in [0.4, 0.5) is 40.8 Å². The van der Waals surface area contributed by atoms with Crippen LogP contribution in [-0.4, -0.2) is 54.9 Å². The number of Topliss-reactive ketones (excluding diaryl/α,β-unsaturated/α-hetero) is 1. The van der Waals surface area contributed by atoms with Crippen molar-refractivity contribution in [1.29, 1.82) is 0 Å². The molecule has 1 fully saturated rings. The fourth-order valence-corrected chi connectivity index (χ4v) is 5.41. The summed E-state index contributed by atoms with van der Waals surface area (Å²) in [6.07, 6.45) is -9.71. The number of fused-ring (bicyclic) bond motifs is 2. The van der Waals surface area contributed by atoms with E-state index in [9.17, 15) is 39.9 Å². The highest BCUT2D eigenvalue weighted by atomic mass is 19.4. The highest BCUT2D eigenvalue weighted by Crippen LogP contribution is 2.52. The second-order valence-electron chi connectivity index (χ2n) is 11.1. The number of carboxylic acids is 1. The summed E-state index contributed by atoms with van der Waals surface area (Å²) in [4.78, 5) is 24.2. The molecule has 2 aliphatic rings. The summed E-state index contributed by atoms with van der Waals surface area (Å²) >= 11 is 0. The van der Waals surface area contributed by atoms with Gasteiger partial charge >= 0.3 is 18.3 Å². The number of hydrogen-bond donors (Lipinski definition) is 2. The zero-order valence-corrected chi connectivity index (χ0v) is 22.5. The van der Waals surface area contributed by atoms with Crippen molar-refractivity contribution in [3.63, 3.8) is 0 Å². The number of alkyl halides is 6. The van der Waals surface area contributed by atoms with Crippen molar-refractivity contribution >= 4 is 17.4 Å². The maximum atomic E-state index is 14.7. The molecule has 0 aromatic heterocycles. The largest absolute Gasteiger partial charge is 0.490 e. The SMILES string of the molecule is CC(C)(C)c1ccc2c(c1)C1(CCNCC1)C(C(=O)c1c(F)cccc1F)N2CCC(F)(F)F.O=C(O)C(F)(F)F. The predicted molar refractivity (Wildman–Crippen MR) is 135 cm³/mol. The highest BCUT2D eigenvalue weighted by molar-refractivity contribution is 6.05. The first-order valence-electron chi connectivity index (χ1n) is 12.8. The van der Waals surface area contributed by atoms with E-state index >= 15 is 0 Å². The number of nitrogens with zero attached hydrogens (tertiary/aromatic N) is 1. The highest BCUT2D eigenvalue weighted by Gasteiger charge is 2.55. The number of halogens is 8. The number of rotatable bonds is 4. The van der Waals surface area contributed by atoms with Gasteiger partial charge in [-0.05, 0) is 60.7 Å². The first-order chi connectivity index (χ1) is 18.8. The van der Waals surface area contributed by atoms with Gasteiger partial charge in [0.05, 0.1) is 12.0 Å². The van der Waals surface area contributed by atoms with Gasteiger partial charge in [-0.25, -0.2) is 13.6 Å². The van der Waals surface area contributed by atoms with E-state index in [0.717, 1.165) is 23.3 Å². The number of aliphatic carboxylic acids is 1. The number of anilines is 1. The third kappa shape index (κ3) is 6.99. The van der Waals surface area contributed by atoms with Gasteiger partial charge in [0.2, 0.25) is 0 Å². The van der Waals surface area contributed by atoms with Crippen molar-refractivity contribution in [3.05, 3.63) is 64.7 Å². The van der Waals surface area contributed by atoms with E-state index in [1.54, 1.807) is 6.07 Å². The van der Waals surface area contributed by atoms with E-state index in [0.29, 0.717) is 31.6 Å². The fourth-order valence-electron chi connectivity index (χ4n) is 5.41. The van der Waals surface area contributed by atoms with Gasteiger partial charge in [0, 0.05) is 17.6 Å². The van der Waals surface area contributed by atoms with Crippen LogP contribution in [0.3, 0.4) is 0 Å². The molecule has 1 saturated heterocycles. The molecule has 2 aromatic rings. The van der Waals surface area contributed by atoms with Crippen LogP contribution in [0, 0.1) is 11.6 Å². The standard InChI is InChI=1S/C26H29F5N2O.C2HF3O2/c1-24(2,3)16-7-8-20-17(15-16)25(9-12-32-13-10-25)23(33(20)14-11-26(29,30)31)22(34)21-18(27)5-4-6-19(21)28;3-2(4,5)1(6)7/h4-8,15,23,32H,9-14H2,1-3H3;(H,6,7). The molecule has 226 valence electrons. The average molecular weight is 595 g/mol. The Morgan fingerprint density at radius 1 is 0.976 bits per heavy atom. The van der Waals surface area contributed by atoms with E-state index in [1.165, 1.54) is 11.0 Å². The molecule has 2 N–H and O–H groups in total. The summed E-state index contributed by atoms with van der Waals surface area (Å²) in [5.41, 5.74) is 0.558. The molecule has 2 aromatic carbocycles. The quantitative estimate of drug-likeness (QED) is 0.311. The molecule has 41 heavy (non-hydrogen) atoms. The van der Waals surface area contributed by atoms with Crippen molar-refractivity contribution in [2.75, 3.05) is 24.5 Å². The lowest BCUT2D eigenvalue weighted by Gasteiger charge is -2.41. The molecule has 0 bridgehead atoms. The lowest BCUT2D eigenvalue weighted by molar-refractivity contribution is -0.192. The summed E-state index contributed by atoms with van der Waals surface area (Å²) in [5.74, 6) is -5.58. The van der Waals surface area contributed by atoms with Crippen LogP contribution in [0.15, 0.2) is 36.4 Å². The first kappa shape index (κ1) is 32.3. The molecule has 0 amide bonds. The number of hydrogen-bond acceptors (Lipinski definition) is 4. The van der Waals surface area contributed by atoms with Crippen molar-refractivity contribution in [2.45, 2.75) is 69.3 Å². The first-order valence-corrected chi connectivity index (χ1v) is 12.8. The molecular weight excluding hydrogens is 564 g/mol. The van der Waals surface area contributed by atoms with E-state index in [4.69, 9.17) is 9.90 Å². The van der Waals surface area contributed by atoms with E-state index in [-0.39, 0.29) is 5.41 Å². The Balaban J connectivity index is 0.000000587. The van der Waals surface area contributed by atoms with Crippen LogP contribution >= 0.6 is 0 Å². The number of nitrogens with one attached hydrogen (secondary N) is 1. The van der Waals surface area contributed by atoms with Gasteiger partial charge in [-0.2, -0.15) is 26.3 Å². The number of carbonyl (C=O) groups is 2. The second-order valence-corrected chi connectivity index (χ2v) is 11.1. The lowest BCUT2D eigenvalue weighted by atomic mass is 9.67. The molecule has 1 atom stereocenters. The molecule has 0 saturated carbocycles. The van der Waals surface area contributed by atoms with Crippen LogP contribution in [0.5, 0.6) is 0 Å². The smallest absolute Gasteiger partial charge is 0.475 e. The molecule has 2 heterocycles. The van der Waals surface area contributed by atoms with Gasteiger partial charge in [-0.1, -0.05) is 39.0 Å². The summed E-state index contributed by atoms with van der Waals surface area (Å²) in [6, 6.07) is 7.66. The van der Waals surface area contributed by atoms with Crippen molar-refractivity contribution in [1.82, 2.24) is 5.32 Å². The van der Waals surface area contributed by atoms with Crippen LogP contribution < -0.4 is 10.2 Å². The van der Waals surface area contributed by atoms with Crippen molar-refractivity contribution in [2.24, 2.45) is 0 Å². The van der Waals surface area contributed by atoms with Crippen LogP contribution in [0.25, 0.3) is 0 Å². The third-order valence-corrected chi connectivity index (χ3v) is 7.38. The lowest BCUT2D eigenvalue weighted by Crippen LogP contribution is -2.55. The Hall–Kier alpha value is -3.22. The van der Waals surface area contributed by atoms with Crippen LogP contribution in [-0.2, 0) is 15.6 Å². The van der Waals surface area contributed by atoms with Gasteiger partial charge < -0.3 is 15.3 Å². The molecule has 1 spiro atoms. The normalized spacial score (nSPS) is 18.5. The predicted octanol–water partition coefficient (Wildman–Crippen LogP) is 6.54. The van der Waals surface area contributed by atoms with Crippen LogP contribution in [0.1, 0.15) is 61.5 Å². The zero-order chi connectivity index (χ0) is 31.0. The van der Waals surface area contributed by atoms with E-state index in [1.807, 2.05) is 32.9 Å². The Morgan fingerprint density at radius 3 is 1.98 bits per heavy atom. The Morgan fingerprint density at radius 2 is 1.51 bits per heavy atom. The van der Waals surface area contributed by atoms with Crippen molar-refractivity contribution < 1.29 is 49.8 Å². The Kier molecular flexibility index (Phi) is 9.12. The maximum absolute atomic E-state index is 14.7. The number of carboxylic acid groups (broad SMARTS) is 1. The van der Waals surface area contributed by atoms with E-state index < -0.39 is 65.7 Å². The van der Waals surface area contributed by atoms with E-state index in [2.05, 4.69) is 5.32 Å².